The molecular formula is C17H30N4O2. The first-order valence-corrected chi connectivity index (χ1v) is 8.59. The molecule has 6 nitrogen and oxygen atoms in total. The zero-order valence-corrected chi connectivity index (χ0v) is 14.6. The molecule has 23 heavy (non-hydrogen) atoms. The van der Waals surface area contributed by atoms with Gasteiger partial charge in [-0.3, -0.25) is 0 Å². The van der Waals surface area contributed by atoms with Crippen LogP contribution in [0.4, 0.5) is 11.6 Å². The molecule has 0 spiro atoms. The van der Waals surface area contributed by atoms with E-state index in [0.29, 0.717) is 12.5 Å². The lowest BCUT2D eigenvalue weighted by molar-refractivity contribution is 0.204. The van der Waals surface area contributed by atoms with Gasteiger partial charge in [-0.15, -0.1) is 0 Å². The average Bonchev–Trinajstić information content (AvgIpc) is 2.58. The Morgan fingerprint density at radius 1 is 1.39 bits per heavy atom. The Balaban J connectivity index is 2.18. The Morgan fingerprint density at radius 3 is 2.91 bits per heavy atom. The second-order valence-electron chi connectivity index (χ2n) is 6.59. The van der Waals surface area contributed by atoms with Crippen LogP contribution in [0.3, 0.4) is 0 Å². The zero-order chi connectivity index (χ0) is 16.7. The standard InChI is InChI=1S/C17H30N4O2/c1-14(2)11-20(8-9-23-3)16-10-17(19-13-18-16)21-7-5-4-6-15(21)12-22/h10,13-15,22H,4-9,11-12H2,1-3H3. The number of ether oxygens (including phenoxy) is 1. The lowest BCUT2D eigenvalue weighted by Crippen LogP contribution is -2.42. The second-order valence-corrected chi connectivity index (χ2v) is 6.59. The van der Waals surface area contributed by atoms with E-state index >= 15 is 0 Å². The highest BCUT2D eigenvalue weighted by molar-refractivity contribution is 5.51. The molecule has 1 atom stereocenters. The van der Waals surface area contributed by atoms with Crippen LogP contribution in [0.15, 0.2) is 12.4 Å². The van der Waals surface area contributed by atoms with Crippen LogP contribution in [0.2, 0.25) is 0 Å². The molecule has 1 unspecified atom stereocenters. The summed E-state index contributed by atoms with van der Waals surface area (Å²) in [6.45, 7) is 7.96. The monoisotopic (exact) mass is 322 g/mol. The summed E-state index contributed by atoms with van der Waals surface area (Å²) in [5, 5.41) is 9.62. The fraction of sp³-hybridized carbons (Fsp3) is 0.765. The van der Waals surface area contributed by atoms with Gasteiger partial charge in [0, 0.05) is 32.8 Å². The van der Waals surface area contributed by atoms with Gasteiger partial charge in [0.05, 0.1) is 19.3 Å². The van der Waals surface area contributed by atoms with E-state index in [0.717, 1.165) is 44.1 Å². The fourth-order valence-corrected chi connectivity index (χ4v) is 3.10. The van der Waals surface area contributed by atoms with Crippen LogP contribution >= 0.6 is 0 Å². The summed E-state index contributed by atoms with van der Waals surface area (Å²) in [6, 6.07) is 2.22. The molecule has 0 radical (unpaired) electrons. The van der Waals surface area contributed by atoms with E-state index < -0.39 is 0 Å². The molecule has 1 aromatic rings. The predicted molar refractivity (Wildman–Crippen MR) is 93.0 cm³/mol. The smallest absolute Gasteiger partial charge is 0.134 e. The summed E-state index contributed by atoms with van der Waals surface area (Å²) >= 11 is 0. The number of hydrogen-bond donors (Lipinski definition) is 1. The molecule has 1 saturated heterocycles. The van der Waals surface area contributed by atoms with E-state index in [-0.39, 0.29) is 12.6 Å². The highest BCUT2D eigenvalue weighted by Gasteiger charge is 2.23. The Bertz CT molecular complexity index is 470. The van der Waals surface area contributed by atoms with Crippen molar-refractivity contribution in [1.29, 1.82) is 0 Å². The van der Waals surface area contributed by atoms with Crippen molar-refractivity contribution in [3.63, 3.8) is 0 Å². The van der Waals surface area contributed by atoms with E-state index in [4.69, 9.17) is 4.74 Å². The maximum atomic E-state index is 9.62. The van der Waals surface area contributed by atoms with E-state index in [1.807, 2.05) is 6.07 Å². The van der Waals surface area contributed by atoms with E-state index in [9.17, 15) is 5.11 Å². The molecule has 2 rings (SSSR count). The molecule has 1 aliphatic heterocycles. The summed E-state index contributed by atoms with van der Waals surface area (Å²) in [5.41, 5.74) is 0. The molecule has 1 aromatic heterocycles. The van der Waals surface area contributed by atoms with Crippen molar-refractivity contribution in [3.05, 3.63) is 12.4 Å². The molecule has 1 fully saturated rings. The molecule has 0 bridgehead atoms. The van der Waals surface area contributed by atoms with Crippen LogP contribution in [0.25, 0.3) is 0 Å². The highest BCUT2D eigenvalue weighted by atomic mass is 16.5. The van der Waals surface area contributed by atoms with Crippen molar-refractivity contribution in [2.75, 3.05) is 49.8 Å². The van der Waals surface area contributed by atoms with Crippen molar-refractivity contribution < 1.29 is 9.84 Å². The Hall–Kier alpha value is -1.40. The topological polar surface area (TPSA) is 61.7 Å². The molecule has 1 aliphatic rings. The first-order chi connectivity index (χ1) is 11.2. The van der Waals surface area contributed by atoms with Crippen LogP contribution in [0, 0.1) is 5.92 Å². The van der Waals surface area contributed by atoms with Crippen LogP contribution < -0.4 is 9.80 Å². The SMILES string of the molecule is COCCN(CC(C)C)c1cc(N2CCCCC2CO)ncn1. The number of aliphatic hydroxyl groups excluding tert-OH is 1. The number of nitrogens with zero attached hydrogens (tertiary/aromatic N) is 4. The lowest BCUT2D eigenvalue weighted by atomic mass is 10.0. The molecule has 0 aromatic carbocycles. The number of anilines is 2. The highest BCUT2D eigenvalue weighted by Crippen LogP contribution is 2.25. The summed E-state index contributed by atoms with van der Waals surface area (Å²) in [5.74, 6) is 2.40. The maximum Gasteiger partial charge on any atom is 0.134 e. The van der Waals surface area contributed by atoms with Gasteiger partial charge in [-0.05, 0) is 25.2 Å². The Morgan fingerprint density at radius 2 is 2.22 bits per heavy atom. The minimum absolute atomic E-state index is 0.170. The third-order valence-corrected chi connectivity index (χ3v) is 4.25. The third-order valence-electron chi connectivity index (χ3n) is 4.25. The summed E-state index contributed by atoms with van der Waals surface area (Å²) < 4.78 is 5.23. The predicted octanol–water partition coefficient (Wildman–Crippen LogP) is 1.94. The van der Waals surface area contributed by atoms with Gasteiger partial charge in [-0.2, -0.15) is 0 Å². The van der Waals surface area contributed by atoms with Crippen molar-refractivity contribution in [2.24, 2.45) is 5.92 Å². The minimum atomic E-state index is 0.170. The van der Waals surface area contributed by atoms with Gasteiger partial charge in [-0.1, -0.05) is 13.8 Å². The van der Waals surface area contributed by atoms with E-state index in [1.165, 1.54) is 6.42 Å². The van der Waals surface area contributed by atoms with Gasteiger partial charge >= 0.3 is 0 Å². The Kier molecular flexibility index (Phi) is 7.05. The molecule has 2 heterocycles. The van der Waals surface area contributed by atoms with Crippen LogP contribution in [-0.2, 0) is 4.74 Å². The minimum Gasteiger partial charge on any atom is -0.394 e. The molecular weight excluding hydrogens is 292 g/mol. The zero-order valence-electron chi connectivity index (χ0n) is 14.6. The number of rotatable bonds is 8. The lowest BCUT2D eigenvalue weighted by Gasteiger charge is -2.36. The van der Waals surface area contributed by atoms with Crippen LogP contribution in [0.5, 0.6) is 0 Å². The number of aromatic nitrogens is 2. The summed E-state index contributed by atoms with van der Waals surface area (Å²) in [7, 11) is 1.72. The third kappa shape index (κ3) is 5.04. The number of hydrogen-bond acceptors (Lipinski definition) is 6. The van der Waals surface area contributed by atoms with Gasteiger partial charge < -0.3 is 19.6 Å². The first-order valence-electron chi connectivity index (χ1n) is 8.59. The Labute approximate surface area is 139 Å². The maximum absolute atomic E-state index is 9.62. The van der Waals surface area contributed by atoms with Gasteiger partial charge in [-0.25, -0.2) is 9.97 Å². The first kappa shape index (κ1) is 17.9. The normalized spacial score (nSPS) is 18.5. The molecule has 130 valence electrons. The number of methoxy groups -OCH3 is 1. The van der Waals surface area contributed by atoms with E-state index in [2.05, 4.69) is 33.6 Å². The van der Waals surface area contributed by atoms with E-state index in [1.54, 1.807) is 13.4 Å². The van der Waals surface area contributed by atoms with Gasteiger partial charge in [0.15, 0.2) is 0 Å². The van der Waals surface area contributed by atoms with Crippen molar-refractivity contribution in [1.82, 2.24) is 9.97 Å². The quantitative estimate of drug-likeness (QED) is 0.789. The number of aliphatic hydroxyl groups is 1. The molecule has 0 aliphatic carbocycles. The van der Waals surface area contributed by atoms with Gasteiger partial charge in [0.25, 0.3) is 0 Å². The van der Waals surface area contributed by atoms with Crippen molar-refractivity contribution in [2.45, 2.75) is 39.2 Å². The summed E-state index contributed by atoms with van der Waals surface area (Å²) in [4.78, 5) is 13.4. The van der Waals surface area contributed by atoms with Gasteiger partial charge in [0.2, 0.25) is 0 Å². The molecule has 0 amide bonds. The average molecular weight is 322 g/mol. The van der Waals surface area contributed by atoms with Crippen LogP contribution in [-0.4, -0.2) is 61.1 Å². The molecule has 0 saturated carbocycles. The van der Waals surface area contributed by atoms with Crippen LogP contribution in [0.1, 0.15) is 33.1 Å². The molecule has 6 heteroatoms. The van der Waals surface area contributed by atoms with Crippen molar-refractivity contribution in [3.8, 4) is 0 Å². The second kappa shape index (κ2) is 9.03. The fourth-order valence-electron chi connectivity index (χ4n) is 3.10. The van der Waals surface area contributed by atoms with Gasteiger partial charge in [0.1, 0.15) is 18.0 Å². The number of piperidine rings is 1. The molecule has 1 N–H and O–H groups in total. The largest absolute Gasteiger partial charge is 0.394 e. The van der Waals surface area contributed by atoms with Crippen molar-refractivity contribution >= 4 is 11.6 Å². The summed E-state index contributed by atoms with van der Waals surface area (Å²) in [6.07, 6.45) is 4.98.